The quantitative estimate of drug-likeness (QED) is 0.0788. The molecule has 2 amide bonds. The number of aliphatic hydroxyl groups excluding tert-OH is 2. The van der Waals surface area contributed by atoms with Crippen molar-refractivity contribution in [3.63, 3.8) is 0 Å². The van der Waals surface area contributed by atoms with Gasteiger partial charge in [0.15, 0.2) is 0 Å². The maximum absolute atomic E-state index is 13.3. The van der Waals surface area contributed by atoms with E-state index in [9.17, 15) is 53.0 Å². The van der Waals surface area contributed by atoms with Crippen molar-refractivity contribution in [1.82, 2.24) is 16.0 Å². The molecule has 2 radical (unpaired) electrons. The number of Topliss-reactive ketones (excluding diaryl/α,β-unsaturated/α-hetero) is 1. The van der Waals surface area contributed by atoms with Gasteiger partial charge in [0.1, 0.15) is 50.3 Å². The Kier molecular flexibility index (Phi) is 33.1. The number of amides is 2. The summed E-state index contributed by atoms with van der Waals surface area (Å²) in [7, 11) is -4.74. The van der Waals surface area contributed by atoms with Crippen LogP contribution < -0.4 is 16.0 Å². The maximum Gasteiger partial charge on any atom is 0.472 e. The number of carbonyl (C=O) groups is 3. The number of hydrogen-bond donors (Lipinski definition) is 8. The second-order valence-electron chi connectivity index (χ2n) is 23.1. The van der Waals surface area contributed by atoms with Gasteiger partial charge in [-0.3, -0.25) is 36.7 Å². The van der Waals surface area contributed by atoms with E-state index in [2.05, 4.69) is 20.5 Å². The monoisotopic (exact) mass is 1380 g/mol. The van der Waals surface area contributed by atoms with Gasteiger partial charge in [-0.1, -0.05) is 37.3 Å². The Balaban J connectivity index is 0.000000281. The normalized spacial score (nSPS) is 39.1. The number of ketones is 1. The van der Waals surface area contributed by atoms with Crippen molar-refractivity contribution in [2.45, 2.75) is 205 Å². The molecular formula is C56H95BN3O21P3S4. The van der Waals surface area contributed by atoms with Crippen LogP contribution in [0.25, 0.3) is 0 Å². The summed E-state index contributed by atoms with van der Waals surface area (Å²) in [5.41, 5.74) is 1.09. The summed E-state index contributed by atoms with van der Waals surface area (Å²) in [5.74, 6) is 3.02. The lowest BCUT2D eigenvalue weighted by atomic mass is 9.95. The van der Waals surface area contributed by atoms with E-state index in [0.29, 0.717) is 81.9 Å². The summed E-state index contributed by atoms with van der Waals surface area (Å²) in [5, 5.41) is 28.8. The predicted molar refractivity (Wildman–Crippen MR) is 342 cm³/mol. The highest BCUT2D eigenvalue weighted by molar-refractivity contribution is 8.00. The number of phosphoric ester groups is 3. The molecule has 8 N–H and O–H groups in total. The molecule has 88 heavy (non-hydrogen) atoms. The molecule has 0 aliphatic carbocycles. The summed E-state index contributed by atoms with van der Waals surface area (Å²) in [6.07, 6.45) is 0.460. The van der Waals surface area contributed by atoms with E-state index in [4.69, 9.17) is 49.4 Å². The molecule has 6 saturated heterocycles. The Morgan fingerprint density at radius 3 is 2.05 bits per heavy atom. The maximum atomic E-state index is 13.3. The molecule has 6 fully saturated rings. The van der Waals surface area contributed by atoms with Crippen molar-refractivity contribution >= 4 is 96.0 Å². The van der Waals surface area contributed by atoms with Crippen molar-refractivity contribution < 1.29 is 99.1 Å². The molecule has 502 valence electrons. The Labute approximate surface area is 537 Å². The zero-order valence-electron chi connectivity index (χ0n) is 51.4. The van der Waals surface area contributed by atoms with Gasteiger partial charge in [0.2, 0.25) is 11.8 Å². The fraction of sp³-hybridized carbons (Fsp3) is 0.839. The fourth-order valence-electron chi connectivity index (χ4n) is 11.4. The van der Waals surface area contributed by atoms with Crippen LogP contribution in [0.15, 0.2) is 30.3 Å². The zero-order valence-corrected chi connectivity index (χ0v) is 57.3. The van der Waals surface area contributed by atoms with Gasteiger partial charge in [0.25, 0.3) is 0 Å². The number of aliphatic hydroxyl groups is 2. The van der Waals surface area contributed by atoms with Crippen LogP contribution >= 0.6 is 70.5 Å². The van der Waals surface area contributed by atoms with E-state index in [1.54, 1.807) is 30.4 Å². The molecular weight excluding hydrogens is 1280 g/mol. The molecule has 6 aliphatic heterocycles. The molecule has 1 aromatic carbocycles. The third-order valence-electron chi connectivity index (χ3n) is 16.2. The first-order valence-electron chi connectivity index (χ1n) is 30.7. The number of fused-ring (bicyclic) bond motifs is 6. The number of carbonyl (C=O) groups excluding carboxylic acids is 3. The second-order valence-corrected chi connectivity index (χ2v) is 32.4. The van der Waals surface area contributed by atoms with E-state index >= 15 is 0 Å². The molecule has 4 bridgehead atoms. The van der Waals surface area contributed by atoms with E-state index < -0.39 is 102 Å². The molecule has 0 aromatic heterocycles. The first-order chi connectivity index (χ1) is 41.9. The number of ether oxygens (including phenoxy) is 4. The number of nitrogens with one attached hydrogen (secondary N) is 3. The predicted octanol–water partition coefficient (Wildman–Crippen LogP) is 6.35. The van der Waals surface area contributed by atoms with Gasteiger partial charge in [-0.2, -0.15) is 47.0 Å². The number of phosphoric acid groups is 3. The minimum atomic E-state index is -4.78. The van der Waals surface area contributed by atoms with Gasteiger partial charge < -0.3 is 64.6 Å². The number of hydrogen-bond acceptors (Lipinski definition) is 23. The largest absolute Gasteiger partial charge is 0.472 e. The topological polar surface area (TPSA) is 332 Å². The zero-order chi connectivity index (χ0) is 64.0. The van der Waals surface area contributed by atoms with Crippen molar-refractivity contribution in [2.75, 3.05) is 76.6 Å². The van der Waals surface area contributed by atoms with Gasteiger partial charge in [0.05, 0.1) is 71.3 Å². The lowest BCUT2D eigenvalue weighted by Gasteiger charge is -2.27. The van der Waals surface area contributed by atoms with Crippen LogP contribution in [0.1, 0.15) is 110 Å². The second kappa shape index (κ2) is 38.2. The Hall–Kier alpha value is -0.655. The highest BCUT2D eigenvalue weighted by atomic mass is 32.2. The molecule has 24 nitrogen and oxygen atoms in total. The van der Waals surface area contributed by atoms with Crippen molar-refractivity contribution in [1.29, 1.82) is 0 Å². The summed E-state index contributed by atoms with van der Waals surface area (Å²) in [6.45, 7) is 7.86. The third-order valence-corrected chi connectivity index (χ3v) is 25.5. The number of benzene rings is 1. The summed E-state index contributed by atoms with van der Waals surface area (Å²) < 4.78 is 95.2. The molecule has 21 atom stereocenters. The van der Waals surface area contributed by atoms with Gasteiger partial charge in [0, 0.05) is 45.5 Å². The van der Waals surface area contributed by atoms with Gasteiger partial charge in [-0.05, 0) is 139 Å². The number of rotatable bonds is 13. The highest BCUT2D eigenvalue weighted by Crippen LogP contribution is 2.53. The van der Waals surface area contributed by atoms with Gasteiger partial charge in [-0.15, -0.1) is 0 Å². The Bertz CT molecular complexity index is 2430. The average molecular weight is 1380 g/mol. The lowest BCUT2D eigenvalue weighted by molar-refractivity contribution is -0.122. The smallest absolute Gasteiger partial charge is 0.394 e. The van der Waals surface area contributed by atoms with Crippen molar-refractivity contribution in [3.8, 4) is 0 Å². The van der Waals surface area contributed by atoms with Crippen molar-refractivity contribution in [3.05, 3.63) is 35.9 Å². The third kappa shape index (κ3) is 24.8. The van der Waals surface area contributed by atoms with Crippen molar-refractivity contribution in [2.24, 2.45) is 11.8 Å². The van der Waals surface area contributed by atoms with Gasteiger partial charge >= 0.3 is 23.5 Å². The van der Waals surface area contributed by atoms with E-state index in [1.165, 1.54) is 30.4 Å². The van der Waals surface area contributed by atoms with Gasteiger partial charge in [-0.25, -0.2) is 13.7 Å². The standard InChI is InChI=1S/C31H51N2O8PS2.C25H44BNO13P2S2/c1-4-24-29-30(21(2)39-24)44-20-23(13-15-32-3)14-16-33-27(34)12-8-9-17-43-31-25(18-22-10-6-5-7-11-22)40-26(28(31)35)19-38-42(36,37)41-29;1-15(29)6-7-17-8-9-20(30)27-10-4-5-11-43-24-21(18(12-28)38-25(24)26)40-42(33,34)36-13-19-22(39-41(31,32)35-3)23(44-14-17)16(2)37-19/h5-7,10-11,21,23-26,28-32,35H,4,8-9,12-20H2,1-3H3,(H,33,34)(H,36,37);16-19,21-25,28H,4-14H2,1-3H3,(H,27,30)(H,31,32)(H,33,34)/t21-,23?,24+,25-,26+,28+,29+,30?,31?;16-,17?,18+,19+,21+,22+,23?,24?,25+/m00/s1. The summed E-state index contributed by atoms with van der Waals surface area (Å²) in [6, 6.07) is 9.07. The minimum absolute atomic E-state index is 0.0111. The van der Waals surface area contributed by atoms with Crippen LogP contribution in [0.3, 0.4) is 0 Å². The first kappa shape index (κ1) is 76.4. The number of thioether (sulfide) groups is 4. The molecule has 6 aliphatic rings. The first-order valence-corrected chi connectivity index (χ1v) is 39.4. The van der Waals surface area contributed by atoms with Crippen LogP contribution in [0, 0.1) is 11.8 Å². The Morgan fingerprint density at radius 1 is 0.773 bits per heavy atom. The van der Waals surface area contributed by atoms with Crippen LogP contribution in [0.5, 0.6) is 0 Å². The SMILES string of the molecule is CC[C@H]1O[C@@H](C)C2SCC(CCNC)CCNC(=O)CCCCSC3[C@H](Cc4ccccc4)O[C@H](COP(=O)(O)O[C@@H]21)[C@H]3O.[B][C@@H]1O[C@H](CO)[C@H]2OP(=O)(O)OC[C@H]3O[C@@H](C)C(SCC(CCC(C)=O)CCC(=O)NCCCCSC12)[C@@H]3OP(=O)(O)OC. The Morgan fingerprint density at radius 2 is 1.39 bits per heavy atom. The van der Waals surface area contributed by atoms with Crippen LogP contribution in [-0.4, -0.2) is 221 Å². The lowest BCUT2D eigenvalue weighted by Crippen LogP contribution is -2.36. The summed E-state index contributed by atoms with van der Waals surface area (Å²) >= 11 is 6.09. The van der Waals surface area contributed by atoms with E-state index in [0.717, 1.165) is 56.4 Å². The molecule has 32 heteroatoms. The minimum Gasteiger partial charge on any atom is -0.394 e. The van der Waals surface area contributed by atoms with Crippen LogP contribution in [0.4, 0.5) is 0 Å². The van der Waals surface area contributed by atoms with E-state index in [-0.39, 0.29) is 65.4 Å². The van der Waals surface area contributed by atoms with E-state index in [1.807, 2.05) is 51.2 Å². The highest BCUT2D eigenvalue weighted by Gasteiger charge is 2.52. The van der Waals surface area contributed by atoms with Crippen LogP contribution in [-0.2, 0) is 80.6 Å². The molecule has 7 rings (SSSR count). The van der Waals surface area contributed by atoms with Crippen LogP contribution in [0.2, 0.25) is 0 Å². The molecule has 1 aromatic rings. The molecule has 9 unspecified atom stereocenters. The average Bonchev–Trinajstić information content (AvgIpc) is 1.93. The molecule has 6 heterocycles. The summed E-state index contributed by atoms with van der Waals surface area (Å²) in [4.78, 5) is 68.6. The molecule has 0 saturated carbocycles. The molecule has 0 spiro atoms. The fourth-order valence-corrected chi connectivity index (χ4v) is 20.1.